The molecule has 1 aromatic rings. The van der Waals surface area contributed by atoms with Crippen molar-refractivity contribution in [1.29, 1.82) is 0 Å². The lowest BCUT2D eigenvalue weighted by Gasteiger charge is -2.18. The Morgan fingerprint density at radius 2 is 1.71 bits per heavy atom. The predicted molar refractivity (Wildman–Crippen MR) is 86.6 cm³/mol. The van der Waals surface area contributed by atoms with Crippen molar-refractivity contribution in [3.63, 3.8) is 0 Å². The Hall–Kier alpha value is -0.640. The Morgan fingerprint density at radius 1 is 1.24 bits per heavy atom. The van der Waals surface area contributed by atoms with Crippen molar-refractivity contribution in [3.05, 3.63) is 21.1 Å². The van der Waals surface area contributed by atoms with Crippen LogP contribution in [-0.4, -0.2) is 26.5 Å². The molecular weight excluding hydrogens is 428 g/mol. The highest BCUT2D eigenvalue weighted by molar-refractivity contribution is 9.11. The summed E-state index contributed by atoms with van der Waals surface area (Å²) in [6.45, 7) is 5.29. The first-order valence-electron chi connectivity index (χ1n) is 6.01. The quantitative estimate of drug-likeness (QED) is 0.728. The lowest BCUT2D eigenvalue weighted by Crippen LogP contribution is -2.40. The van der Waals surface area contributed by atoms with Crippen LogP contribution in [-0.2, 0) is 14.8 Å². The molecule has 0 aliphatic carbocycles. The number of hydrogen-bond donors (Lipinski definition) is 2. The summed E-state index contributed by atoms with van der Waals surface area (Å²) in [5, 5.41) is 7.80. The van der Waals surface area contributed by atoms with E-state index in [0.717, 1.165) is 0 Å². The third kappa shape index (κ3) is 5.24. The first kappa shape index (κ1) is 18.4. The van der Waals surface area contributed by atoms with Crippen LogP contribution < -0.4 is 15.2 Å². The second-order valence-electron chi connectivity index (χ2n) is 4.68. The van der Waals surface area contributed by atoms with Gasteiger partial charge in [-0.2, -0.15) is 0 Å². The zero-order valence-corrected chi connectivity index (χ0v) is 15.7. The Morgan fingerprint density at radius 3 is 2.10 bits per heavy atom. The SMILES string of the molecule is CC(C)NC(=O)C(C)Oc1c(Br)cc(S(N)(=O)=O)cc1Br. The number of nitrogens with one attached hydrogen (secondary N) is 1. The summed E-state index contributed by atoms with van der Waals surface area (Å²) in [4.78, 5) is 11.8. The summed E-state index contributed by atoms with van der Waals surface area (Å²) in [6.07, 6.45) is -0.736. The van der Waals surface area contributed by atoms with Gasteiger partial charge in [-0.05, 0) is 64.8 Å². The van der Waals surface area contributed by atoms with E-state index < -0.39 is 16.1 Å². The average molecular weight is 444 g/mol. The average Bonchev–Trinajstić information content (AvgIpc) is 2.31. The van der Waals surface area contributed by atoms with Gasteiger partial charge in [0.05, 0.1) is 13.8 Å². The van der Waals surface area contributed by atoms with Crippen LogP contribution in [0, 0.1) is 0 Å². The molecule has 0 radical (unpaired) electrons. The molecule has 21 heavy (non-hydrogen) atoms. The van der Waals surface area contributed by atoms with E-state index in [1.807, 2.05) is 13.8 Å². The first-order valence-corrected chi connectivity index (χ1v) is 9.14. The molecule has 0 fully saturated rings. The number of sulfonamides is 1. The largest absolute Gasteiger partial charge is 0.479 e. The fourth-order valence-electron chi connectivity index (χ4n) is 1.45. The molecule has 1 amide bonds. The van der Waals surface area contributed by atoms with E-state index in [9.17, 15) is 13.2 Å². The van der Waals surface area contributed by atoms with Gasteiger partial charge in [-0.15, -0.1) is 0 Å². The molecule has 9 heteroatoms. The number of rotatable bonds is 5. The molecule has 0 heterocycles. The first-order chi connectivity index (χ1) is 9.52. The highest BCUT2D eigenvalue weighted by atomic mass is 79.9. The summed E-state index contributed by atoms with van der Waals surface area (Å²) < 4.78 is 29.0. The Labute approximate surface area is 140 Å². The monoisotopic (exact) mass is 442 g/mol. The standard InChI is InChI=1S/C12H16Br2N2O4S/c1-6(2)16-12(17)7(3)20-11-9(13)4-8(5-10(11)14)21(15,18)19/h4-7H,1-3H3,(H,16,17)(H2,15,18,19). The van der Waals surface area contributed by atoms with E-state index in [2.05, 4.69) is 37.2 Å². The molecule has 0 saturated heterocycles. The minimum Gasteiger partial charge on any atom is -0.479 e. The Balaban J connectivity index is 3.03. The normalized spacial score (nSPS) is 13.1. The molecule has 6 nitrogen and oxygen atoms in total. The number of hydrogen-bond acceptors (Lipinski definition) is 4. The van der Waals surface area contributed by atoms with Crippen LogP contribution in [0.25, 0.3) is 0 Å². The molecule has 118 valence electrons. The number of nitrogens with two attached hydrogens (primary N) is 1. The van der Waals surface area contributed by atoms with Gasteiger partial charge in [-0.25, -0.2) is 13.6 Å². The highest BCUT2D eigenvalue weighted by Crippen LogP contribution is 2.36. The molecule has 0 spiro atoms. The van der Waals surface area contributed by atoms with Crippen molar-refractivity contribution in [2.45, 2.75) is 37.8 Å². The van der Waals surface area contributed by atoms with Crippen LogP contribution in [0.4, 0.5) is 0 Å². The number of carbonyl (C=O) groups is 1. The molecule has 1 rings (SSSR count). The van der Waals surface area contributed by atoms with E-state index in [1.54, 1.807) is 6.92 Å². The molecule has 3 N–H and O–H groups in total. The van der Waals surface area contributed by atoms with Gasteiger partial charge in [0.15, 0.2) is 6.10 Å². The minimum atomic E-state index is -3.82. The zero-order chi connectivity index (χ0) is 16.4. The molecule has 1 aromatic carbocycles. The second kappa shape index (κ2) is 7.08. The molecule has 0 aromatic heterocycles. The van der Waals surface area contributed by atoms with Crippen molar-refractivity contribution < 1.29 is 17.9 Å². The molecule has 0 aliphatic rings. The van der Waals surface area contributed by atoms with Crippen LogP contribution in [0.1, 0.15) is 20.8 Å². The summed E-state index contributed by atoms with van der Waals surface area (Å²) in [6, 6.07) is 2.64. The van der Waals surface area contributed by atoms with Gasteiger partial charge in [0, 0.05) is 6.04 Å². The van der Waals surface area contributed by atoms with Crippen molar-refractivity contribution in [2.75, 3.05) is 0 Å². The van der Waals surface area contributed by atoms with E-state index in [-0.39, 0.29) is 16.8 Å². The highest BCUT2D eigenvalue weighted by Gasteiger charge is 2.20. The van der Waals surface area contributed by atoms with Crippen molar-refractivity contribution in [3.8, 4) is 5.75 Å². The van der Waals surface area contributed by atoms with Crippen LogP contribution in [0.5, 0.6) is 5.75 Å². The van der Waals surface area contributed by atoms with Crippen LogP contribution in [0.2, 0.25) is 0 Å². The van der Waals surface area contributed by atoms with Gasteiger partial charge in [0.25, 0.3) is 5.91 Å². The van der Waals surface area contributed by atoms with Crippen molar-refractivity contribution in [1.82, 2.24) is 5.32 Å². The molecule has 0 saturated carbocycles. The number of ether oxygens (including phenoxy) is 1. The number of amides is 1. The van der Waals surface area contributed by atoms with E-state index in [4.69, 9.17) is 9.88 Å². The van der Waals surface area contributed by atoms with Gasteiger partial charge in [0.1, 0.15) is 5.75 Å². The van der Waals surface area contributed by atoms with E-state index >= 15 is 0 Å². The number of benzene rings is 1. The number of halogens is 2. The summed E-state index contributed by atoms with van der Waals surface area (Å²) in [7, 11) is -3.82. The lowest BCUT2D eigenvalue weighted by atomic mass is 10.3. The fraction of sp³-hybridized carbons (Fsp3) is 0.417. The molecule has 0 bridgehead atoms. The maximum Gasteiger partial charge on any atom is 0.260 e. The Kier molecular flexibility index (Phi) is 6.21. The third-order valence-corrected chi connectivity index (χ3v) is 4.47. The molecule has 0 aliphatic heterocycles. The van der Waals surface area contributed by atoms with Gasteiger partial charge in [-0.1, -0.05) is 0 Å². The summed E-state index contributed by atoms with van der Waals surface area (Å²) >= 11 is 6.42. The molecule has 1 atom stereocenters. The second-order valence-corrected chi connectivity index (χ2v) is 7.95. The minimum absolute atomic E-state index is 0.000176. The van der Waals surface area contributed by atoms with Crippen LogP contribution in [0.3, 0.4) is 0 Å². The fourth-order valence-corrected chi connectivity index (χ4v) is 3.69. The Bertz CT molecular complexity index is 624. The maximum atomic E-state index is 11.8. The zero-order valence-electron chi connectivity index (χ0n) is 11.7. The van der Waals surface area contributed by atoms with Gasteiger partial charge in [0.2, 0.25) is 10.0 Å². The topological polar surface area (TPSA) is 98.5 Å². The van der Waals surface area contributed by atoms with E-state index in [0.29, 0.717) is 14.7 Å². The van der Waals surface area contributed by atoms with Crippen LogP contribution >= 0.6 is 31.9 Å². The molecule has 1 unspecified atom stereocenters. The lowest BCUT2D eigenvalue weighted by molar-refractivity contribution is -0.127. The predicted octanol–water partition coefficient (Wildman–Crippen LogP) is 2.15. The number of carbonyl (C=O) groups excluding carboxylic acids is 1. The van der Waals surface area contributed by atoms with Gasteiger partial charge >= 0.3 is 0 Å². The van der Waals surface area contributed by atoms with E-state index in [1.165, 1.54) is 12.1 Å². The third-order valence-electron chi connectivity index (χ3n) is 2.40. The summed E-state index contributed by atoms with van der Waals surface area (Å²) in [5.41, 5.74) is 0. The smallest absolute Gasteiger partial charge is 0.260 e. The van der Waals surface area contributed by atoms with Gasteiger partial charge < -0.3 is 10.1 Å². The summed E-state index contributed by atoms with van der Waals surface area (Å²) in [5.74, 6) is 0.0631. The van der Waals surface area contributed by atoms with Crippen molar-refractivity contribution >= 4 is 47.8 Å². The maximum absolute atomic E-state index is 11.8. The number of primary sulfonamides is 1. The van der Waals surface area contributed by atoms with Crippen molar-refractivity contribution in [2.24, 2.45) is 5.14 Å². The van der Waals surface area contributed by atoms with Gasteiger partial charge in [-0.3, -0.25) is 4.79 Å². The van der Waals surface area contributed by atoms with Crippen LogP contribution in [0.15, 0.2) is 26.0 Å². The molecular formula is C12H16Br2N2O4S.